The predicted octanol–water partition coefficient (Wildman–Crippen LogP) is 1.48. The molecule has 2 aliphatic rings. The zero-order chi connectivity index (χ0) is 12.5. The first kappa shape index (κ1) is 12.2. The molecule has 5 nitrogen and oxygen atoms in total. The van der Waals surface area contributed by atoms with Gasteiger partial charge in [-0.05, 0) is 31.6 Å². The van der Waals surface area contributed by atoms with Crippen LogP contribution in [0.1, 0.15) is 45.4 Å². The molecule has 0 heterocycles. The third-order valence-electron chi connectivity index (χ3n) is 3.94. The lowest BCUT2D eigenvalue weighted by Crippen LogP contribution is -2.57. The lowest BCUT2D eigenvalue weighted by molar-refractivity contribution is -0.139. The topological polar surface area (TPSA) is 78.4 Å². The molecule has 3 N–H and O–H groups in total. The van der Waals surface area contributed by atoms with Gasteiger partial charge in [-0.25, -0.2) is 4.79 Å². The van der Waals surface area contributed by atoms with E-state index in [-0.39, 0.29) is 12.5 Å². The molecule has 2 unspecified atom stereocenters. The van der Waals surface area contributed by atoms with E-state index in [2.05, 4.69) is 17.6 Å². The fourth-order valence-electron chi connectivity index (χ4n) is 2.56. The van der Waals surface area contributed by atoms with Gasteiger partial charge in [0.05, 0.1) is 12.0 Å². The van der Waals surface area contributed by atoms with Crippen LogP contribution in [0.5, 0.6) is 0 Å². The SMILES string of the molecule is CCC1CC1NC(=O)NC1(CC(=O)O)CCC1. The highest BCUT2D eigenvalue weighted by atomic mass is 16.4. The van der Waals surface area contributed by atoms with Crippen molar-refractivity contribution in [1.82, 2.24) is 10.6 Å². The highest BCUT2D eigenvalue weighted by Gasteiger charge is 2.42. The van der Waals surface area contributed by atoms with Gasteiger partial charge in [0.25, 0.3) is 0 Å². The standard InChI is InChI=1S/C12H20N2O3/c1-2-8-6-9(8)13-11(17)14-12(4-3-5-12)7-10(15)16/h8-9H,2-7H2,1H3,(H,15,16)(H2,13,14,17). The van der Waals surface area contributed by atoms with Gasteiger partial charge in [-0.3, -0.25) is 4.79 Å². The molecule has 2 saturated carbocycles. The Morgan fingerprint density at radius 1 is 1.41 bits per heavy atom. The first-order chi connectivity index (χ1) is 8.04. The van der Waals surface area contributed by atoms with Gasteiger partial charge in [-0.2, -0.15) is 0 Å². The van der Waals surface area contributed by atoms with Gasteiger partial charge in [-0.15, -0.1) is 0 Å². The van der Waals surface area contributed by atoms with Crippen LogP contribution in [0.3, 0.4) is 0 Å². The summed E-state index contributed by atoms with van der Waals surface area (Å²) in [5, 5.41) is 14.6. The lowest BCUT2D eigenvalue weighted by Gasteiger charge is -2.41. The van der Waals surface area contributed by atoms with Gasteiger partial charge in [0.15, 0.2) is 0 Å². The largest absolute Gasteiger partial charge is 0.481 e. The van der Waals surface area contributed by atoms with Crippen LogP contribution in [0.15, 0.2) is 0 Å². The van der Waals surface area contributed by atoms with Crippen molar-refractivity contribution >= 4 is 12.0 Å². The summed E-state index contributed by atoms with van der Waals surface area (Å²) in [7, 11) is 0. The van der Waals surface area contributed by atoms with E-state index < -0.39 is 11.5 Å². The number of carbonyl (C=O) groups excluding carboxylic acids is 1. The Morgan fingerprint density at radius 3 is 2.53 bits per heavy atom. The van der Waals surface area contributed by atoms with Crippen molar-refractivity contribution in [3.05, 3.63) is 0 Å². The van der Waals surface area contributed by atoms with Gasteiger partial charge in [0.1, 0.15) is 0 Å². The van der Waals surface area contributed by atoms with E-state index in [4.69, 9.17) is 5.11 Å². The maximum absolute atomic E-state index is 11.7. The fourth-order valence-corrected chi connectivity index (χ4v) is 2.56. The van der Waals surface area contributed by atoms with E-state index in [0.29, 0.717) is 12.0 Å². The average molecular weight is 240 g/mol. The molecule has 0 radical (unpaired) electrons. The Balaban J connectivity index is 1.78. The van der Waals surface area contributed by atoms with Crippen LogP contribution in [0.25, 0.3) is 0 Å². The molecule has 5 heteroatoms. The molecule has 0 saturated heterocycles. The average Bonchev–Trinajstić information content (AvgIpc) is 2.92. The highest BCUT2D eigenvalue weighted by molar-refractivity contribution is 5.77. The maximum Gasteiger partial charge on any atom is 0.315 e. The van der Waals surface area contributed by atoms with Gasteiger partial charge in [-0.1, -0.05) is 13.3 Å². The molecule has 2 rings (SSSR count). The molecule has 2 atom stereocenters. The maximum atomic E-state index is 11.7. The summed E-state index contributed by atoms with van der Waals surface area (Å²) >= 11 is 0. The second kappa shape index (κ2) is 4.55. The molecular weight excluding hydrogens is 220 g/mol. The number of amides is 2. The molecule has 0 bridgehead atoms. The van der Waals surface area contributed by atoms with Crippen molar-refractivity contribution in [1.29, 1.82) is 0 Å². The number of nitrogens with one attached hydrogen (secondary N) is 2. The van der Waals surface area contributed by atoms with E-state index in [9.17, 15) is 9.59 Å². The summed E-state index contributed by atoms with van der Waals surface area (Å²) < 4.78 is 0. The third-order valence-corrected chi connectivity index (χ3v) is 3.94. The highest BCUT2D eigenvalue weighted by Crippen LogP contribution is 2.36. The molecule has 0 spiro atoms. The van der Waals surface area contributed by atoms with Crippen LogP contribution < -0.4 is 10.6 Å². The van der Waals surface area contributed by atoms with E-state index in [1.807, 2.05) is 0 Å². The summed E-state index contributed by atoms with van der Waals surface area (Å²) in [5.74, 6) is -0.236. The van der Waals surface area contributed by atoms with Crippen LogP contribution >= 0.6 is 0 Å². The Labute approximate surface area is 101 Å². The number of hydrogen-bond acceptors (Lipinski definition) is 2. The molecule has 17 heavy (non-hydrogen) atoms. The first-order valence-corrected chi connectivity index (χ1v) is 6.35. The van der Waals surface area contributed by atoms with E-state index in [1.54, 1.807) is 0 Å². The van der Waals surface area contributed by atoms with Gasteiger partial charge in [0, 0.05) is 6.04 Å². The Hall–Kier alpha value is -1.26. The molecule has 0 aromatic carbocycles. The fraction of sp³-hybridized carbons (Fsp3) is 0.833. The number of carboxylic acid groups (broad SMARTS) is 1. The second-order valence-corrected chi connectivity index (χ2v) is 5.31. The van der Waals surface area contributed by atoms with E-state index in [1.165, 1.54) is 0 Å². The van der Waals surface area contributed by atoms with E-state index >= 15 is 0 Å². The van der Waals surface area contributed by atoms with Crippen molar-refractivity contribution in [2.75, 3.05) is 0 Å². The molecular formula is C12H20N2O3. The smallest absolute Gasteiger partial charge is 0.315 e. The zero-order valence-corrected chi connectivity index (χ0v) is 10.2. The van der Waals surface area contributed by atoms with Crippen LogP contribution in [-0.2, 0) is 4.79 Å². The number of carbonyl (C=O) groups is 2. The number of carboxylic acids is 1. The minimum absolute atomic E-state index is 0.0301. The number of rotatable bonds is 5. The molecule has 2 fully saturated rings. The Kier molecular flexibility index (Phi) is 3.26. The Morgan fingerprint density at radius 2 is 2.12 bits per heavy atom. The molecule has 0 aliphatic heterocycles. The van der Waals surface area contributed by atoms with Crippen molar-refractivity contribution < 1.29 is 14.7 Å². The van der Waals surface area contributed by atoms with Gasteiger partial charge in [0.2, 0.25) is 0 Å². The van der Waals surface area contributed by atoms with Crippen molar-refractivity contribution in [2.45, 2.75) is 57.0 Å². The van der Waals surface area contributed by atoms with Crippen LogP contribution in [0.4, 0.5) is 4.79 Å². The van der Waals surface area contributed by atoms with Crippen LogP contribution in [0.2, 0.25) is 0 Å². The second-order valence-electron chi connectivity index (χ2n) is 5.31. The summed E-state index contributed by atoms with van der Waals surface area (Å²) in [6.45, 7) is 2.11. The molecule has 0 aromatic rings. The zero-order valence-electron chi connectivity index (χ0n) is 10.2. The van der Waals surface area contributed by atoms with Crippen LogP contribution in [0, 0.1) is 5.92 Å². The molecule has 0 aromatic heterocycles. The molecule has 96 valence electrons. The third kappa shape index (κ3) is 2.90. The minimum Gasteiger partial charge on any atom is -0.481 e. The van der Waals surface area contributed by atoms with Crippen molar-refractivity contribution in [3.8, 4) is 0 Å². The minimum atomic E-state index is -0.845. The normalized spacial score (nSPS) is 29.0. The van der Waals surface area contributed by atoms with E-state index in [0.717, 1.165) is 32.1 Å². The summed E-state index contributed by atoms with van der Waals surface area (Å²) in [4.78, 5) is 22.5. The lowest BCUT2D eigenvalue weighted by atomic mass is 9.74. The van der Waals surface area contributed by atoms with Crippen molar-refractivity contribution in [3.63, 3.8) is 0 Å². The van der Waals surface area contributed by atoms with Crippen LogP contribution in [-0.4, -0.2) is 28.7 Å². The van der Waals surface area contributed by atoms with Crippen molar-refractivity contribution in [2.24, 2.45) is 5.92 Å². The number of aliphatic carboxylic acids is 1. The number of hydrogen-bond donors (Lipinski definition) is 3. The van der Waals surface area contributed by atoms with Gasteiger partial charge >= 0.3 is 12.0 Å². The predicted molar refractivity (Wildman–Crippen MR) is 62.7 cm³/mol. The molecule has 2 aliphatic carbocycles. The van der Waals surface area contributed by atoms with Gasteiger partial charge < -0.3 is 15.7 Å². The quantitative estimate of drug-likeness (QED) is 0.681. The summed E-state index contributed by atoms with van der Waals surface area (Å²) in [6, 6.07) is 0.0915. The summed E-state index contributed by atoms with van der Waals surface area (Å²) in [6.07, 6.45) is 4.71. The monoisotopic (exact) mass is 240 g/mol. The number of urea groups is 1. The summed E-state index contributed by atoms with van der Waals surface area (Å²) in [5.41, 5.74) is -0.494. The Bertz CT molecular complexity index is 326. The first-order valence-electron chi connectivity index (χ1n) is 6.35. The molecule has 2 amide bonds.